The summed E-state index contributed by atoms with van der Waals surface area (Å²) in [7, 11) is 1.64. The molecule has 106 valence electrons. The van der Waals surface area contributed by atoms with Gasteiger partial charge in [0.25, 0.3) is 0 Å². The minimum atomic E-state index is 0.697. The highest BCUT2D eigenvalue weighted by molar-refractivity contribution is 9.10. The first-order valence-electron chi connectivity index (χ1n) is 6.39. The van der Waals surface area contributed by atoms with Crippen LogP contribution in [0.5, 0.6) is 5.75 Å². The van der Waals surface area contributed by atoms with Crippen LogP contribution >= 0.6 is 15.9 Å². The summed E-state index contributed by atoms with van der Waals surface area (Å²) in [6, 6.07) is 5.75. The molecule has 20 heavy (non-hydrogen) atoms. The van der Waals surface area contributed by atoms with Crippen molar-refractivity contribution in [3.05, 3.63) is 35.1 Å². The van der Waals surface area contributed by atoms with Crippen molar-refractivity contribution in [2.75, 3.05) is 24.3 Å². The largest absolute Gasteiger partial charge is 0.496 e. The molecule has 0 saturated carbocycles. The smallest absolute Gasteiger partial charge is 0.151 e. The second-order valence-electron chi connectivity index (χ2n) is 4.19. The lowest BCUT2D eigenvalue weighted by molar-refractivity contribution is 0.412. The number of anilines is 3. The van der Waals surface area contributed by atoms with Gasteiger partial charge in [0.05, 0.1) is 24.0 Å². The Balaban J connectivity index is 2.11. The van der Waals surface area contributed by atoms with Crippen LogP contribution in [-0.2, 0) is 0 Å². The Labute approximate surface area is 126 Å². The van der Waals surface area contributed by atoms with E-state index in [1.807, 2.05) is 18.2 Å². The predicted molar refractivity (Wildman–Crippen MR) is 84.8 cm³/mol. The van der Waals surface area contributed by atoms with Crippen molar-refractivity contribution in [1.29, 1.82) is 0 Å². The van der Waals surface area contributed by atoms with Crippen LogP contribution in [0.3, 0.4) is 0 Å². The standard InChI is InChI=1S/C14H17BrN4O/c1-3-6-17-13-8-16-9-14(19-13)18-10-4-5-12(20-2)11(15)7-10/h4-5,7-9H,3,6H2,1-2H3,(H2,17,18,19). The number of hydrogen-bond donors (Lipinski definition) is 2. The number of rotatable bonds is 6. The van der Waals surface area contributed by atoms with Crippen LogP contribution < -0.4 is 15.4 Å². The molecule has 6 heteroatoms. The van der Waals surface area contributed by atoms with Gasteiger partial charge in [-0.2, -0.15) is 0 Å². The summed E-state index contributed by atoms with van der Waals surface area (Å²) in [6.07, 6.45) is 4.45. The maximum Gasteiger partial charge on any atom is 0.151 e. The third kappa shape index (κ3) is 3.84. The Morgan fingerprint density at radius 1 is 1.25 bits per heavy atom. The van der Waals surface area contributed by atoms with Crippen LogP contribution in [0, 0.1) is 0 Å². The van der Waals surface area contributed by atoms with Crippen molar-refractivity contribution in [1.82, 2.24) is 9.97 Å². The summed E-state index contributed by atoms with van der Waals surface area (Å²) in [5.41, 5.74) is 0.916. The Bertz CT molecular complexity index is 577. The molecule has 0 spiro atoms. The summed E-state index contributed by atoms with van der Waals surface area (Å²) >= 11 is 3.46. The van der Waals surface area contributed by atoms with E-state index in [1.165, 1.54) is 0 Å². The second-order valence-corrected chi connectivity index (χ2v) is 5.04. The molecule has 2 aromatic rings. The van der Waals surface area contributed by atoms with Gasteiger partial charge < -0.3 is 15.4 Å². The van der Waals surface area contributed by atoms with Gasteiger partial charge in [-0.25, -0.2) is 4.98 Å². The van der Waals surface area contributed by atoms with Gasteiger partial charge in [-0.05, 0) is 40.5 Å². The molecule has 0 amide bonds. The number of nitrogens with one attached hydrogen (secondary N) is 2. The maximum atomic E-state index is 5.20. The van der Waals surface area contributed by atoms with E-state index in [4.69, 9.17) is 4.74 Å². The number of ether oxygens (including phenoxy) is 1. The molecule has 0 bridgehead atoms. The molecule has 5 nitrogen and oxygen atoms in total. The van der Waals surface area contributed by atoms with Gasteiger partial charge in [0, 0.05) is 12.2 Å². The van der Waals surface area contributed by atoms with Crippen LogP contribution in [0.1, 0.15) is 13.3 Å². The van der Waals surface area contributed by atoms with E-state index in [0.717, 1.165) is 34.7 Å². The fraction of sp³-hybridized carbons (Fsp3) is 0.286. The lowest BCUT2D eigenvalue weighted by Gasteiger charge is -2.09. The molecule has 1 aromatic heterocycles. The van der Waals surface area contributed by atoms with Gasteiger partial charge in [0.2, 0.25) is 0 Å². The molecule has 0 aliphatic heterocycles. The van der Waals surface area contributed by atoms with E-state index in [-0.39, 0.29) is 0 Å². The predicted octanol–water partition coefficient (Wildman–Crippen LogP) is 3.81. The van der Waals surface area contributed by atoms with E-state index in [0.29, 0.717) is 5.82 Å². The average Bonchev–Trinajstić information content (AvgIpc) is 2.46. The Hall–Kier alpha value is -1.82. The monoisotopic (exact) mass is 336 g/mol. The quantitative estimate of drug-likeness (QED) is 0.839. The van der Waals surface area contributed by atoms with Crippen molar-refractivity contribution in [2.45, 2.75) is 13.3 Å². The lowest BCUT2D eigenvalue weighted by Crippen LogP contribution is -2.04. The van der Waals surface area contributed by atoms with Crippen LogP contribution in [0.25, 0.3) is 0 Å². The van der Waals surface area contributed by atoms with Crippen LogP contribution in [-0.4, -0.2) is 23.6 Å². The van der Waals surface area contributed by atoms with E-state index < -0.39 is 0 Å². The molecular weight excluding hydrogens is 320 g/mol. The number of benzene rings is 1. The highest BCUT2D eigenvalue weighted by atomic mass is 79.9. The zero-order valence-corrected chi connectivity index (χ0v) is 13.1. The minimum Gasteiger partial charge on any atom is -0.496 e. The molecule has 0 saturated heterocycles. The van der Waals surface area contributed by atoms with Gasteiger partial charge in [-0.3, -0.25) is 4.98 Å². The molecule has 0 fully saturated rings. The van der Waals surface area contributed by atoms with Crippen LogP contribution in [0.2, 0.25) is 0 Å². The van der Waals surface area contributed by atoms with Crippen molar-refractivity contribution >= 4 is 33.3 Å². The molecule has 1 aromatic carbocycles. The summed E-state index contributed by atoms with van der Waals surface area (Å²) in [6.45, 7) is 2.99. The molecule has 1 heterocycles. The topological polar surface area (TPSA) is 59.1 Å². The van der Waals surface area contributed by atoms with E-state index in [1.54, 1.807) is 19.5 Å². The van der Waals surface area contributed by atoms with E-state index in [9.17, 15) is 0 Å². The second kappa shape index (κ2) is 7.09. The fourth-order valence-corrected chi connectivity index (χ4v) is 2.20. The van der Waals surface area contributed by atoms with Gasteiger partial charge >= 0.3 is 0 Å². The van der Waals surface area contributed by atoms with Gasteiger partial charge in [-0.1, -0.05) is 6.92 Å². The third-order valence-electron chi connectivity index (χ3n) is 2.61. The van der Waals surface area contributed by atoms with Crippen molar-refractivity contribution < 1.29 is 4.74 Å². The van der Waals surface area contributed by atoms with Gasteiger partial charge in [0.1, 0.15) is 11.6 Å². The Kier molecular flexibility index (Phi) is 5.17. The average molecular weight is 337 g/mol. The lowest BCUT2D eigenvalue weighted by atomic mass is 10.3. The SMILES string of the molecule is CCCNc1cncc(Nc2ccc(OC)c(Br)c2)n1. The third-order valence-corrected chi connectivity index (χ3v) is 3.23. The highest BCUT2D eigenvalue weighted by Crippen LogP contribution is 2.28. The molecule has 0 radical (unpaired) electrons. The first-order valence-corrected chi connectivity index (χ1v) is 7.18. The molecular formula is C14H17BrN4O. The normalized spacial score (nSPS) is 10.2. The molecule has 0 aliphatic rings. The Morgan fingerprint density at radius 2 is 2.05 bits per heavy atom. The van der Waals surface area contributed by atoms with Crippen molar-refractivity contribution in [3.63, 3.8) is 0 Å². The molecule has 2 rings (SSSR count). The minimum absolute atomic E-state index is 0.697. The summed E-state index contributed by atoms with van der Waals surface area (Å²) < 4.78 is 6.09. The number of methoxy groups -OCH3 is 1. The number of aromatic nitrogens is 2. The van der Waals surface area contributed by atoms with Gasteiger partial charge in [-0.15, -0.1) is 0 Å². The summed E-state index contributed by atoms with van der Waals surface area (Å²) in [4.78, 5) is 8.61. The van der Waals surface area contributed by atoms with Crippen LogP contribution in [0.15, 0.2) is 35.1 Å². The molecule has 0 atom stereocenters. The van der Waals surface area contributed by atoms with Gasteiger partial charge in [0.15, 0.2) is 5.82 Å². The van der Waals surface area contributed by atoms with E-state index >= 15 is 0 Å². The fourth-order valence-electron chi connectivity index (χ4n) is 1.66. The number of hydrogen-bond acceptors (Lipinski definition) is 5. The van der Waals surface area contributed by atoms with E-state index in [2.05, 4.69) is 43.5 Å². The Morgan fingerprint density at radius 3 is 2.75 bits per heavy atom. The van der Waals surface area contributed by atoms with Crippen LogP contribution in [0.4, 0.5) is 17.3 Å². The first kappa shape index (κ1) is 14.6. The molecule has 0 unspecified atom stereocenters. The number of nitrogens with zero attached hydrogens (tertiary/aromatic N) is 2. The zero-order chi connectivity index (χ0) is 14.4. The van der Waals surface area contributed by atoms with Crippen molar-refractivity contribution in [3.8, 4) is 5.75 Å². The maximum absolute atomic E-state index is 5.20. The zero-order valence-electron chi connectivity index (χ0n) is 11.5. The molecule has 2 N–H and O–H groups in total. The highest BCUT2D eigenvalue weighted by Gasteiger charge is 2.03. The summed E-state index contributed by atoms with van der Waals surface area (Å²) in [5, 5.41) is 6.42. The number of halogens is 1. The van der Waals surface area contributed by atoms with Crippen molar-refractivity contribution in [2.24, 2.45) is 0 Å². The summed E-state index contributed by atoms with van der Waals surface area (Å²) in [5.74, 6) is 2.26. The molecule has 0 aliphatic carbocycles. The first-order chi connectivity index (χ1) is 9.72.